The van der Waals surface area contributed by atoms with Gasteiger partial charge >= 0.3 is 0 Å². The van der Waals surface area contributed by atoms with Crippen LogP contribution in [0.2, 0.25) is 5.02 Å². The fourth-order valence-corrected chi connectivity index (χ4v) is 3.65. The third-order valence-corrected chi connectivity index (χ3v) is 5.57. The number of rotatable bonds is 7. The second-order valence-corrected chi connectivity index (χ2v) is 8.02. The van der Waals surface area contributed by atoms with Gasteiger partial charge in [0.1, 0.15) is 11.4 Å². The molecule has 0 aromatic heterocycles. The van der Waals surface area contributed by atoms with E-state index in [4.69, 9.17) is 11.6 Å². The molecule has 0 unspecified atom stereocenters. The van der Waals surface area contributed by atoms with Gasteiger partial charge in [-0.1, -0.05) is 35.9 Å². The van der Waals surface area contributed by atoms with Gasteiger partial charge in [-0.05, 0) is 54.8 Å². The number of aliphatic hydroxyl groups excluding tert-OH is 1. The van der Waals surface area contributed by atoms with Gasteiger partial charge in [-0.25, -0.2) is 4.39 Å². The van der Waals surface area contributed by atoms with Gasteiger partial charge in [0.05, 0.1) is 19.1 Å². The Morgan fingerprint density at radius 2 is 1.83 bits per heavy atom. The summed E-state index contributed by atoms with van der Waals surface area (Å²) < 4.78 is 13.0. The van der Waals surface area contributed by atoms with Crippen LogP contribution in [-0.4, -0.2) is 58.9 Å². The highest BCUT2D eigenvalue weighted by Crippen LogP contribution is 2.22. The first-order chi connectivity index (χ1) is 13.9. The minimum atomic E-state index is -1.41. The Balaban J connectivity index is 1.51. The lowest BCUT2D eigenvalue weighted by atomic mass is 9.89. The molecule has 2 atom stereocenters. The van der Waals surface area contributed by atoms with Gasteiger partial charge in [-0.2, -0.15) is 0 Å². The first-order valence-electron chi connectivity index (χ1n) is 9.73. The first kappa shape index (κ1) is 21.7. The van der Waals surface area contributed by atoms with Gasteiger partial charge in [0, 0.05) is 18.1 Å². The van der Waals surface area contributed by atoms with Gasteiger partial charge in [-0.3, -0.25) is 4.79 Å². The molecule has 0 radical (unpaired) electrons. The second kappa shape index (κ2) is 9.67. The summed E-state index contributed by atoms with van der Waals surface area (Å²) in [5, 5.41) is 25.0. The van der Waals surface area contributed by atoms with E-state index in [1.165, 1.54) is 12.1 Å². The molecule has 29 heavy (non-hydrogen) atoms. The fraction of sp³-hybridized carbons (Fsp3) is 0.409. The van der Waals surface area contributed by atoms with E-state index in [0.717, 1.165) is 11.1 Å². The van der Waals surface area contributed by atoms with Gasteiger partial charge in [-0.15, -0.1) is 0 Å². The van der Waals surface area contributed by atoms with Crippen molar-refractivity contribution in [3.8, 4) is 0 Å². The monoisotopic (exact) mass is 420 g/mol. The minimum Gasteiger partial charge on any atom is -0.390 e. The molecule has 0 bridgehead atoms. The van der Waals surface area contributed by atoms with Crippen LogP contribution in [0.15, 0.2) is 48.5 Å². The average molecular weight is 421 g/mol. The predicted octanol–water partition coefficient (Wildman–Crippen LogP) is 2.18. The molecule has 2 aromatic rings. The standard InChI is InChI=1S/C22H26ClFN2O3/c23-18-5-1-17(2-6-18)13-21(28)26-12-10-20(27)22(29,15-26)14-25-11-9-16-3-7-19(24)8-4-16/h1-8,20,25,27,29H,9-15H2/t20-,22+/m0/s1. The molecule has 1 heterocycles. The summed E-state index contributed by atoms with van der Waals surface area (Å²) in [5.41, 5.74) is 0.429. The van der Waals surface area contributed by atoms with E-state index < -0.39 is 11.7 Å². The molecule has 0 saturated carbocycles. The molecule has 7 heteroatoms. The second-order valence-electron chi connectivity index (χ2n) is 7.58. The number of aliphatic hydroxyl groups is 2. The quantitative estimate of drug-likeness (QED) is 0.600. The van der Waals surface area contributed by atoms with Crippen LogP contribution in [0.4, 0.5) is 4.39 Å². The number of β-amino-alcohol motifs (C(OH)–C–C–N with tert-alkyl or cyclic N) is 1. The van der Waals surface area contributed by atoms with E-state index in [9.17, 15) is 19.4 Å². The SMILES string of the molecule is O=C(Cc1ccc(Cl)cc1)N1CC[C@H](O)[C@@](O)(CNCCc2ccc(F)cc2)C1. The van der Waals surface area contributed by atoms with E-state index >= 15 is 0 Å². The van der Waals surface area contributed by atoms with Crippen molar-refractivity contribution in [3.63, 3.8) is 0 Å². The zero-order valence-electron chi connectivity index (χ0n) is 16.2. The molecular formula is C22H26ClFN2O3. The van der Waals surface area contributed by atoms with Crippen LogP contribution in [0.1, 0.15) is 17.5 Å². The van der Waals surface area contributed by atoms with Crippen molar-refractivity contribution in [2.45, 2.75) is 31.0 Å². The van der Waals surface area contributed by atoms with Crippen molar-refractivity contribution in [3.05, 3.63) is 70.5 Å². The summed E-state index contributed by atoms with van der Waals surface area (Å²) in [7, 11) is 0. The van der Waals surface area contributed by atoms with Crippen LogP contribution in [0.25, 0.3) is 0 Å². The average Bonchev–Trinajstić information content (AvgIpc) is 2.70. The Morgan fingerprint density at radius 1 is 1.17 bits per heavy atom. The summed E-state index contributed by atoms with van der Waals surface area (Å²) in [6.07, 6.45) is 0.315. The summed E-state index contributed by atoms with van der Waals surface area (Å²) in [5.74, 6) is -0.367. The lowest BCUT2D eigenvalue weighted by Crippen LogP contribution is -2.62. The largest absolute Gasteiger partial charge is 0.390 e. The number of amides is 1. The van der Waals surface area contributed by atoms with Crippen molar-refractivity contribution < 1.29 is 19.4 Å². The molecule has 156 valence electrons. The van der Waals surface area contributed by atoms with E-state index in [1.807, 2.05) is 12.1 Å². The van der Waals surface area contributed by atoms with Gasteiger partial charge in [0.2, 0.25) is 5.91 Å². The van der Waals surface area contributed by atoms with Crippen LogP contribution in [0, 0.1) is 5.82 Å². The lowest BCUT2D eigenvalue weighted by molar-refractivity contribution is -0.150. The minimum absolute atomic E-state index is 0.0735. The Kier molecular flexibility index (Phi) is 7.24. The Morgan fingerprint density at radius 3 is 2.52 bits per heavy atom. The summed E-state index contributed by atoms with van der Waals surface area (Å²) in [6.45, 7) is 1.22. The van der Waals surface area contributed by atoms with Crippen molar-refractivity contribution in [1.82, 2.24) is 10.2 Å². The Hall–Kier alpha value is -1.99. The maximum atomic E-state index is 13.0. The van der Waals surface area contributed by atoms with Crippen LogP contribution in [0.5, 0.6) is 0 Å². The van der Waals surface area contributed by atoms with Crippen LogP contribution in [-0.2, 0) is 17.6 Å². The Bertz CT molecular complexity index is 816. The summed E-state index contributed by atoms with van der Waals surface area (Å²) in [6, 6.07) is 13.4. The molecule has 1 saturated heterocycles. The highest BCUT2D eigenvalue weighted by Gasteiger charge is 2.42. The van der Waals surface area contributed by atoms with E-state index in [2.05, 4.69) is 5.32 Å². The van der Waals surface area contributed by atoms with Crippen LogP contribution < -0.4 is 5.32 Å². The number of nitrogens with one attached hydrogen (secondary N) is 1. The number of nitrogens with zero attached hydrogens (tertiary/aromatic N) is 1. The van der Waals surface area contributed by atoms with Crippen molar-refractivity contribution in [1.29, 1.82) is 0 Å². The maximum absolute atomic E-state index is 13.0. The third kappa shape index (κ3) is 6.00. The number of carbonyl (C=O) groups excluding carboxylic acids is 1. The molecule has 1 amide bonds. The smallest absolute Gasteiger partial charge is 0.227 e. The van der Waals surface area contributed by atoms with Gasteiger partial charge in [0.25, 0.3) is 0 Å². The number of hydrogen-bond donors (Lipinski definition) is 3. The van der Waals surface area contributed by atoms with Crippen molar-refractivity contribution in [2.75, 3.05) is 26.2 Å². The molecule has 2 aromatic carbocycles. The zero-order valence-corrected chi connectivity index (χ0v) is 16.9. The number of benzene rings is 2. The normalized spacial score (nSPS) is 21.9. The molecule has 1 aliphatic rings. The molecule has 5 nitrogen and oxygen atoms in total. The number of carbonyl (C=O) groups is 1. The summed E-state index contributed by atoms with van der Waals surface area (Å²) >= 11 is 5.88. The number of likely N-dealkylation sites (tertiary alicyclic amines) is 1. The number of hydrogen-bond acceptors (Lipinski definition) is 4. The summed E-state index contributed by atoms with van der Waals surface area (Å²) in [4.78, 5) is 14.2. The van der Waals surface area contributed by atoms with Gasteiger partial charge in [0.15, 0.2) is 0 Å². The third-order valence-electron chi connectivity index (χ3n) is 5.31. The first-order valence-corrected chi connectivity index (χ1v) is 10.1. The molecule has 1 fully saturated rings. The van der Waals surface area contributed by atoms with Crippen molar-refractivity contribution >= 4 is 17.5 Å². The molecule has 0 spiro atoms. The van der Waals surface area contributed by atoms with E-state index in [-0.39, 0.29) is 31.2 Å². The maximum Gasteiger partial charge on any atom is 0.227 e. The molecule has 1 aliphatic heterocycles. The van der Waals surface area contributed by atoms with Crippen LogP contribution >= 0.6 is 11.6 Å². The van der Waals surface area contributed by atoms with Crippen molar-refractivity contribution in [2.24, 2.45) is 0 Å². The molecule has 0 aliphatic carbocycles. The highest BCUT2D eigenvalue weighted by molar-refractivity contribution is 6.30. The predicted molar refractivity (Wildman–Crippen MR) is 110 cm³/mol. The Labute approximate surface area is 175 Å². The highest BCUT2D eigenvalue weighted by atomic mass is 35.5. The van der Waals surface area contributed by atoms with Crippen LogP contribution in [0.3, 0.4) is 0 Å². The van der Waals surface area contributed by atoms with E-state index in [0.29, 0.717) is 31.0 Å². The van der Waals surface area contributed by atoms with E-state index in [1.54, 1.807) is 29.2 Å². The molecule has 3 N–H and O–H groups in total. The fourth-order valence-electron chi connectivity index (χ4n) is 3.53. The topological polar surface area (TPSA) is 72.8 Å². The number of piperidine rings is 1. The molecular weight excluding hydrogens is 395 g/mol. The van der Waals surface area contributed by atoms with Gasteiger partial charge < -0.3 is 20.4 Å². The lowest BCUT2D eigenvalue weighted by Gasteiger charge is -2.43. The zero-order chi connectivity index (χ0) is 20.9. The number of halogens is 2. The molecule has 3 rings (SSSR count).